The molecule has 1 amide bonds. The van der Waals surface area contributed by atoms with E-state index >= 15 is 0 Å². The van der Waals surface area contributed by atoms with Crippen molar-refractivity contribution in [3.05, 3.63) is 47.0 Å². The van der Waals surface area contributed by atoms with Gasteiger partial charge in [0.25, 0.3) is 5.91 Å². The first kappa shape index (κ1) is 12.4. The van der Waals surface area contributed by atoms with E-state index in [0.29, 0.717) is 17.4 Å². The first-order valence-electron chi connectivity index (χ1n) is 5.30. The molecule has 0 saturated heterocycles. The van der Waals surface area contributed by atoms with Crippen LogP contribution in [0.25, 0.3) is 0 Å². The smallest absolute Gasteiger partial charge is 0.257 e. The maximum atomic E-state index is 12.1. The molecule has 0 atom stereocenters. The predicted octanol–water partition coefficient (Wildman–Crippen LogP) is 2.04. The molecule has 2 N–H and O–H groups in total. The highest BCUT2D eigenvalue weighted by atomic mass is 35.5. The number of benzene rings is 1. The van der Waals surface area contributed by atoms with Gasteiger partial charge in [-0.15, -0.1) is 0 Å². The van der Waals surface area contributed by atoms with Gasteiger partial charge >= 0.3 is 0 Å². The summed E-state index contributed by atoms with van der Waals surface area (Å²) in [6.07, 6.45) is 3.31. The van der Waals surface area contributed by atoms with Crippen LogP contribution in [0.3, 0.4) is 0 Å². The quantitative estimate of drug-likeness (QED) is 0.892. The van der Waals surface area contributed by atoms with Crippen LogP contribution in [-0.2, 0) is 6.54 Å². The van der Waals surface area contributed by atoms with E-state index in [9.17, 15) is 9.90 Å². The highest BCUT2D eigenvalue weighted by Gasteiger charge is 2.16. The molecule has 1 aromatic carbocycles. The molecule has 0 radical (unpaired) electrons. The number of carbonyl (C=O) groups is 1. The second-order valence-corrected chi connectivity index (χ2v) is 4.29. The molecule has 94 valence electrons. The standard InChI is InChI=1S/C12H12ClN3O2/c1-16(7-11-14-4-5-15-11)12(18)9-3-2-8(13)6-10(9)17/h2-6,17H,7H2,1H3,(H,14,15). The normalized spacial score (nSPS) is 10.3. The Morgan fingerprint density at radius 2 is 2.33 bits per heavy atom. The number of carbonyl (C=O) groups excluding carboxylic acids is 1. The third-order valence-electron chi connectivity index (χ3n) is 2.48. The number of halogens is 1. The van der Waals surface area contributed by atoms with Crippen molar-refractivity contribution in [1.29, 1.82) is 0 Å². The largest absolute Gasteiger partial charge is 0.507 e. The van der Waals surface area contributed by atoms with E-state index in [1.807, 2.05) is 0 Å². The first-order chi connectivity index (χ1) is 8.58. The number of amides is 1. The van der Waals surface area contributed by atoms with E-state index in [4.69, 9.17) is 11.6 Å². The topological polar surface area (TPSA) is 69.2 Å². The lowest BCUT2D eigenvalue weighted by Gasteiger charge is -2.16. The Kier molecular flexibility index (Phi) is 3.53. The van der Waals surface area contributed by atoms with E-state index in [1.54, 1.807) is 25.5 Å². The first-order valence-corrected chi connectivity index (χ1v) is 5.68. The zero-order valence-corrected chi connectivity index (χ0v) is 10.5. The monoisotopic (exact) mass is 265 g/mol. The molecular weight excluding hydrogens is 254 g/mol. The number of phenols is 1. The molecule has 0 aliphatic heterocycles. The zero-order valence-electron chi connectivity index (χ0n) is 9.72. The van der Waals surface area contributed by atoms with Crippen molar-refractivity contribution in [3.63, 3.8) is 0 Å². The number of aromatic nitrogens is 2. The maximum absolute atomic E-state index is 12.1. The molecule has 2 rings (SSSR count). The van der Waals surface area contributed by atoms with E-state index < -0.39 is 0 Å². The van der Waals surface area contributed by atoms with Crippen LogP contribution in [0.4, 0.5) is 0 Å². The molecule has 6 heteroatoms. The third-order valence-corrected chi connectivity index (χ3v) is 2.71. The van der Waals surface area contributed by atoms with Gasteiger partial charge in [0.1, 0.15) is 11.6 Å². The summed E-state index contributed by atoms with van der Waals surface area (Å²) in [4.78, 5) is 20.5. The number of imidazole rings is 1. The van der Waals surface area contributed by atoms with Crippen molar-refractivity contribution in [2.24, 2.45) is 0 Å². The number of aromatic amines is 1. The number of nitrogens with zero attached hydrogens (tertiary/aromatic N) is 2. The summed E-state index contributed by atoms with van der Waals surface area (Å²) in [5.41, 5.74) is 0.216. The van der Waals surface area contributed by atoms with Gasteiger partial charge in [0, 0.05) is 24.5 Å². The third kappa shape index (κ3) is 2.62. The van der Waals surface area contributed by atoms with Crippen molar-refractivity contribution in [2.45, 2.75) is 6.54 Å². The molecule has 2 aromatic rings. The Labute approximate surface area is 109 Å². The molecule has 0 spiro atoms. The minimum absolute atomic E-state index is 0.126. The highest BCUT2D eigenvalue weighted by molar-refractivity contribution is 6.30. The summed E-state index contributed by atoms with van der Waals surface area (Å²) in [5.74, 6) is 0.263. The lowest BCUT2D eigenvalue weighted by Crippen LogP contribution is -2.26. The fraction of sp³-hybridized carbons (Fsp3) is 0.167. The van der Waals surface area contributed by atoms with Crippen LogP contribution >= 0.6 is 11.6 Å². The van der Waals surface area contributed by atoms with Gasteiger partial charge in [-0.1, -0.05) is 11.6 Å². The van der Waals surface area contributed by atoms with Crippen LogP contribution in [-0.4, -0.2) is 32.9 Å². The second kappa shape index (κ2) is 5.10. The van der Waals surface area contributed by atoms with Crippen molar-refractivity contribution < 1.29 is 9.90 Å². The summed E-state index contributed by atoms with van der Waals surface area (Å²) in [5, 5.41) is 10.1. The average Bonchev–Trinajstić information content (AvgIpc) is 2.81. The molecule has 0 saturated carbocycles. The van der Waals surface area contributed by atoms with E-state index in [0.717, 1.165) is 0 Å². The van der Waals surface area contributed by atoms with Crippen molar-refractivity contribution in [3.8, 4) is 5.75 Å². The van der Waals surface area contributed by atoms with Gasteiger partial charge in [-0.3, -0.25) is 4.79 Å². The highest BCUT2D eigenvalue weighted by Crippen LogP contribution is 2.23. The Balaban J connectivity index is 2.15. The fourth-order valence-electron chi connectivity index (χ4n) is 1.57. The molecule has 5 nitrogen and oxygen atoms in total. The summed E-state index contributed by atoms with van der Waals surface area (Å²) >= 11 is 5.72. The molecule has 1 heterocycles. The van der Waals surface area contributed by atoms with Gasteiger partial charge in [-0.25, -0.2) is 4.98 Å². The molecule has 1 aromatic heterocycles. The van der Waals surface area contributed by atoms with Crippen molar-refractivity contribution in [1.82, 2.24) is 14.9 Å². The Morgan fingerprint density at radius 1 is 1.56 bits per heavy atom. The van der Waals surface area contributed by atoms with Gasteiger partial charge in [-0.05, 0) is 18.2 Å². The van der Waals surface area contributed by atoms with Gasteiger partial charge in [0.2, 0.25) is 0 Å². The summed E-state index contributed by atoms with van der Waals surface area (Å²) in [7, 11) is 1.64. The van der Waals surface area contributed by atoms with Crippen LogP contribution in [0.15, 0.2) is 30.6 Å². The number of hydrogen-bond donors (Lipinski definition) is 2. The molecule has 0 fully saturated rings. The van der Waals surface area contributed by atoms with Crippen LogP contribution in [0, 0.1) is 0 Å². The Morgan fingerprint density at radius 3 is 2.94 bits per heavy atom. The number of aromatic hydroxyl groups is 1. The molecule has 18 heavy (non-hydrogen) atoms. The van der Waals surface area contributed by atoms with Crippen LogP contribution in [0.1, 0.15) is 16.2 Å². The van der Waals surface area contributed by atoms with Crippen molar-refractivity contribution in [2.75, 3.05) is 7.05 Å². The van der Waals surface area contributed by atoms with Gasteiger partial charge in [0.15, 0.2) is 0 Å². The second-order valence-electron chi connectivity index (χ2n) is 3.86. The Hall–Kier alpha value is -2.01. The van der Waals surface area contributed by atoms with E-state index in [-0.39, 0.29) is 17.2 Å². The molecule has 0 aliphatic rings. The van der Waals surface area contributed by atoms with Crippen LogP contribution in [0.5, 0.6) is 5.75 Å². The van der Waals surface area contributed by atoms with Gasteiger partial charge < -0.3 is 15.0 Å². The predicted molar refractivity (Wildman–Crippen MR) is 67.5 cm³/mol. The van der Waals surface area contributed by atoms with Gasteiger partial charge in [-0.2, -0.15) is 0 Å². The molecule has 0 bridgehead atoms. The summed E-state index contributed by atoms with van der Waals surface area (Å²) in [6.45, 7) is 0.341. The van der Waals surface area contributed by atoms with E-state index in [2.05, 4.69) is 9.97 Å². The number of hydrogen-bond acceptors (Lipinski definition) is 3. The minimum Gasteiger partial charge on any atom is -0.507 e. The number of nitrogens with one attached hydrogen (secondary N) is 1. The maximum Gasteiger partial charge on any atom is 0.257 e. The lowest BCUT2D eigenvalue weighted by atomic mass is 10.2. The lowest BCUT2D eigenvalue weighted by molar-refractivity contribution is 0.0779. The van der Waals surface area contributed by atoms with Gasteiger partial charge in [0.05, 0.1) is 12.1 Å². The van der Waals surface area contributed by atoms with E-state index in [1.165, 1.54) is 17.0 Å². The SMILES string of the molecule is CN(Cc1ncc[nH]1)C(=O)c1ccc(Cl)cc1O. The Bertz CT molecular complexity index is 554. The fourth-order valence-corrected chi connectivity index (χ4v) is 1.74. The molecular formula is C12H12ClN3O2. The molecule has 0 unspecified atom stereocenters. The molecule has 0 aliphatic carbocycles. The zero-order chi connectivity index (χ0) is 13.1. The number of phenolic OH excluding ortho intramolecular Hbond substituents is 1. The minimum atomic E-state index is -0.291. The average molecular weight is 266 g/mol. The summed E-state index contributed by atoms with van der Waals surface area (Å²) < 4.78 is 0. The van der Waals surface area contributed by atoms with Crippen LogP contribution in [0.2, 0.25) is 5.02 Å². The number of H-pyrrole nitrogens is 1. The number of rotatable bonds is 3. The van der Waals surface area contributed by atoms with Crippen molar-refractivity contribution >= 4 is 17.5 Å². The van der Waals surface area contributed by atoms with Crippen LogP contribution < -0.4 is 0 Å². The summed E-state index contributed by atoms with van der Waals surface area (Å²) in [6, 6.07) is 4.41.